The number of nitrogens with one attached hydrogen (secondary N) is 1. The van der Waals surface area contributed by atoms with Crippen LogP contribution < -0.4 is 11.1 Å². The van der Waals surface area contributed by atoms with E-state index >= 15 is 0 Å². The summed E-state index contributed by atoms with van der Waals surface area (Å²) in [5, 5.41) is 13.1. The molecule has 2 rings (SSSR count). The van der Waals surface area contributed by atoms with Gasteiger partial charge in [-0.3, -0.25) is 14.9 Å². The number of nitrogens with zero attached hydrogens (tertiary/aromatic N) is 3. The van der Waals surface area contributed by atoms with Crippen LogP contribution in [0.25, 0.3) is 0 Å². The molecule has 0 aliphatic carbocycles. The van der Waals surface area contributed by atoms with Crippen LogP contribution in [0, 0.1) is 10.1 Å². The molecular weight excluding hydrogens is 286 g/mol. The molecule has 0 fully saturated rings. The van der Waals surface area contributed by atoms with Gasteiger partial charge in [0.15, 0.2) is 0 Å². The van der Waals surface area contributed by atoms with Gasteiger partial charge in [-0.15, -0.1) is 0 Å². The molecule has 0 bridgehead atoms. The molecule has 0 saturated heterocycles. The lowest BCUT2D eigenvalue weighted by molar-refractivity contribution is -0.384. The number of rotatable bonds is 3. The average Bonchev–Trinajstić information content (AvgIpc) is 2.38. The van der Waals surface area contributed by atoms with E-state index in [9.17, 15) is 14.9 Å². The van der Waals surface area contributed by atoms with E-state index in [1.54, 1.807) is 6.07 Å². The summed E-state index contributed by atoms with van der Waals surface area (Å²) in [4.78, 5) is 29.3. The summed E-state index contributed by atoms with van der Waals surface area (Å²) < 4.78 is 0. The van der Waals surface area contributed by atoms with Crippen molar-refractivity contribution in [3.8, 4) is 0 Å². The van der Waals surface area contributed by atoms with Crippen molar-refractivity contribution in [2.75, 3.05) is 11.1 Å². The topological polar surface area (TPSA) is 124 Å². The molecule has 0 spiro atoms. The Morgan fingerprint density at radius 2 is 2.15 bits per heavy atom. The van der Waals surface area contributed by atoms with Crippen molar-refractivity contribution in [2.45, 2.75) is 0 Å². The number of hydrogen-bond acceptors (Lipinski definition) is 6. The summed E-state index contributed by atoms with van der Waals surface area (Å²) >= 11 is 5.78. The van der Waals surface area contributed by atoms with Gasteiger partial charge in [0.05, 0.1) is 10.5 Å². The Morgan fingerprint density at radius 1 is 1.40 bits per heavy atom. The van der Waals surface area contributed by atoms with Crippen LogP contribution in [-0.4, -0.2) is 20.8 Å². The van der Waals surface area contributed by atoms with E-state index in [0.29, 0.717) is 0 Å². The molecular formula is C11H8ClN5O3. The number of pyridine rings is 2. The highest BCUT2D eigenvalue weighted by atomic mass is 35.5. The Bertz CT molecular complexity index is 692. The van der Waals surface area contributed by atoms with E-state index in [0.717, 1.165) is 6.07 Å². The number of aromatic nitrogens is 2. The minimum Gasteiger partial charge on any atom is -0.378 e. The van der Waals surface area contributed by atoms with Gasteiger partial charge in [-0.1, -0.05) is 11.6 Å². The van der Waals surface area contributed by atoms with Crippen molar-refractivity contribution in [3.63, 3.8) is 0 Å². The Balaban J connectivity index is 2.23. The highest BCUT2D eigenvalue weighted by Crippen LogP contribution is 2.21. The highest BCUT2D eigenvalue weighted by molar-refractivity contribution is 6.33. The Kier molecular flexibility index (Phi) is 3.76. The summed E-state index contributed by atoms with van der Waals surface area (Å²) in [5.41, 5.74) is 5.25. The molecule has 3 N–H and O–H groups in total. The van der Waals surface area contributed by atoms with Crippen LogP contribution in [0.4, 0.5) is 17.3 Å². The van der Waals surface area contributed by atoms with E-state index in [4.69, 9.17) is 17.3 Å². The number of halogens is 1. The molecule has 0 aromatic carbocycles. The van der Waals surface area contributed by atoms with Crippen molar-refractivity contribution in [3.05, 3.63) is 51.3 Å². The molecule has 1 amide bonds. The lowest BCUT2D eigenvalue weighted by Gasteiger charge is -2.06. The van der Waals surface area contributed by atoms with E-state index < -0.39 is 10.8 Å². The Morgan fingerprint density at radius 3 is 2.75 bits per heavy atom. The van der Waals surface area contributed by atoms with Crippen LogP contribution in [0.15, 0.2) is 30.5 Å². The van der Waals surface area contributed by atoms with Crippen molar-refractivity contribution in [1.82, 2.24) is 9.97 Å². The van der Waals surface area contributed by atoms with Gasteiger partial charge in [-0.25, -0.2) is 9.97 Å². The quantitative estimate of drug-likeness (QED) is 0.505. The average molecular weight is 294 g/mol. The van der Waals surface area contributed by atoms with Crippen LogP contribution in [0.2, 0.25) is 5.15 Å². The second kappa shape index (κ2) is 5.49. The summed E-state index contributed by atoms with van der Waals surface area (Å²) in [6.45, 7) is 0. The van der Waals surface area contributed by atoms with Crippen molar-refractivity contribution < 1.29 is 9.72 Å². The highest BCUT2D eigenvalue weighted by Gasteiger charge is 2.15. The van der Waals surface area contributed by atoms with Crippen molar-refractivity contribution in [1.29, 1.82) is 0 Å². The summed E-state index contributed by atoms with van der Waals surface area (Å²) in [7, 11) is 0. The van der Waals surface area contributed by atoms with E-state index in [2.05, 4.69) is 15.3 Å². The molecule has 20 heavy (non-hydrogen) atoms. The summed E-state index contributed by atoms with van der Waals surface area (Å²) in [6, 6.07) is 5.47. The molecule has 2 heterocycles. The van der Waals surface area contributed by atoms with Gasteiger partial charge in [-0.05, 0) is 18.2 Å². The number of amides is 1. The molecule has 0 radical (unpaired) electrons. The van der Waals surface area contributed by atoms with Gasteiger partial charge in [-0.2, -0.15) is 0 Å². The first-order valence-corrected chi connectivity index (χ1v) is 5.69. The number of nitrogens with two attached hydrogens (primary N) is 1. The largest absolute Gasteiger partial charge is 0.378 e. The number of nitro groups is 1. The zero-order valence-corrected chi connectivity index (χ0v) is 10.7. The lowest BCUT2D eigenvalue weighted by atomic mass is 10.2. The van der Waals surface area contributed by atoms with Crippen LogP contribution in [0.5, 0.6) is 0 Å². The van der Waals surface area contributed by atoms with Gasteiger partial charge in [0.2, 0.25) is 5.82 Å². The van der Waals surface area contributed by atoms with E-state index in [1.807, 2.05) is 0 Å². The van der Waals surface area contributed by atoms with Crippen LogP contribution in [-0.2, 0) is 0 Å². The van der Waals surface area contributed by atoms with Crippen LogP contribution >= 0.6 is 11.6 Å². The number of nitrogen functional groups attached to an aromatic ring is 1. The number of anilines is 2. The Labute approximate surface area is 117 Å². The maximum atomic E-state index is 11.9. The van der Waals surface area contributed by atoms with Gasteiger partial charge in [0.1, 0.15) is 11.0 Å². The lowest BCUT2D eigenvalue weighted by Crippen LogP contribution is -2.14. The molecule has 2 aromatic rings. The third-order valence-electron chi connectivity index (χ3n) is 2.34. The van der Waals surface area contributed by atoms with Gasteiger partial charge in [0.25, 0.3) is 5.91 Å². The standard InChI is InChI=1S/C11H8ClN5O3/c12-9-6(2-1-5-14-9)11(18)16-8-4-3-7(17(19)20)10(13)15-8/h1-5H,(H3,13,15,16,18). The maximum absolute atomic E-state index is 11.9. The summed E-state index contributed by atoms with van der Waals surface area (Å²) in [5.74, 6) is -0.744. The molecule has 0 unspecified atom stereocenters. The first-order chi connectivity index (χ1) is 9.49. The SMILES string of the molecule is Nc1nc(NC(=O)c2cccnc2Cl)ccc1[N+](=O)[O-]. The molecule has 0 aliphatic heterocycles. The molecule has 2 aromatic heterocycles. The first kappa shape index (κ1) is 13.7. The molecule has 8 nitrogen and oxygen atoms in total. The fourth-order valence-electron chi connectivity index (χ4n) is 1.43. The minimum absolute atomic E-state index is 0.0416. The fraction of sp³-hybridized carbons (Fsp3) is 0. The molecule has 9 heteroatoms. The maximum Gasteiger partial charge on any atom is 0.311 e. The van der Waals surface area contributed by atoms with E-state index in [1.165, 1.54) is 18.3 Å². The minimum atomic E-state index is -0.661. The number of carbonyl (C=O) groups is 1. The number of hydrogen-bond donors (Lipinski definition) is 2. The Hall–Kier alpha value is -2.74. The first-order valence-electron chi connectivity index (χ1n) is 5.32. The second-order valence-corrected chi connectivity index (χ2v) is 4.01. The van der Waals surface area contributed by atoms with E-state index in [-0.39, 0.29) is 28.0 Å². The molecule has 0 saturated carbocycles. The molecule has 102 valence electrons. The van der Waals surface area contributed by atoms with Gasteiger partial charge >= 0.3 is 5.69 Å². The fourth-order valence-corrected chi connectivity index (χ4v) is 1.64. The third kappa shape index (κ3) is 2.81. The zero-order valence-electron chi connectivity index (χ0n) is 9.91. The third-order valence-corrected chi connectivity index (χ3v) is 2.65. The normalized spacial score (nSPS) is 10.1. The number of carbonyl (C=O) groups excluding carboxylic acids is 1. The second-order valence-electron chi connectivity index (χ2n) is 3.65. The molecule has 0 aliphatic rings. The van der Waals surface area contributed by atoms with Crippen LogP contribution in [0.1, 0.15) is 10.4 Å². The summed E-state index contributed by atoms with van der Waals surface area (Å²) in [6.07, 6.45) is 1.45. The monoisotopic (exact) mass is 293 g/mol. The van der Waals surface area contributed by atoms with Gasteiger partial charge in [0, 0.05) is 12.3 Å². The van der Waals surface area contributed by atoms with Gasteiger partial charge < -0.3 is 11.1 Å². The smallest absolute Gasteiger partial charge is 0.311 e. The van der Waals surface area contributed by atoms with Crippen molar-refractivity contribution >= 4 is 34.8 Å². The molecule has 0 atom stereocenters. The van der Waals surface area contributed by atoms with Crippen LogP contribution in [0.3, 0.4) is 0 Å². The zero-order chi connectivity index (χ0) is 14.7. The predicted octanol–water partition coefficient (Wildman–Crippen LogP) is 1.87. The van der Waals surface area contributed by atoms with Crippen molar-refractivity contribution in [2.24, 2.45) is 0 Å². The predicted molar refractivity (Wildman–Crippen MR) is 72.5 cm³/mol.